The van der Waals surface area contributed by atoms with Gasteiger partial charge in [0.05, 0.1) is 16.8 Å². The number of nitrogens with two attached hydrogens (primary N) is 1. The Morgan fingerprint density at radius 3 is 2.55 bits per heavy atom. The topological polar surface area (TPSA) is 85.1 Å². The summed E-state index contributed by atoms with van der Waals surface area (Å²) in [6.07, 6.45) is 0.879. The predicted octanol–water partition coefficient (Wildman–Crippen LogP) is 2.05. The Morgan fingerprint density at radius 1 is 1.25 bits per heavy atom. The van der Waals surface area contributed by atoms with Crippen molar-refractivity contribution in [2.24, 2.45) is 0 Å². The number of nitrogen functional groups attached to an aromatic ring is 1. The quantitative estimate of drug-likeness (QED) is 0.849. The Bertz CT molecular complexity index is 746. The van der Waals surface area contributed by atoms with E-state index in [4.69, 9.17) is 5.73 Å². The maximum atomic E-state index is 13.2. The SMILES string of the molecule is Cc1cc(F)c(N)cc1S(=O)(=O)Nc1ccc(F)cn1. The van der Waals surface area contributed by atoms with Crippen molar-refractivity contribution in [1.82, 2.24) is 4.98 Å². The molecule has 8 heteroatoms. The molecule has 0 fully saturated rings. The van der Waals surface area contributed by atoms with Crippen LogP contribution in [0.3, 0.4) is 0 Å². The normalized spacial score (nSPS) is 11.3. The molecule has 106 valence electrons. The average Bonchev–Trinajstić information content (AvgIpc) is 2.36. The number of rotatable bonds is 3. The maximum Gasteiger partial charge on any atom is 0.263 e. The molecule has 0 radical (unpaired) electrons. The summed E-state index contributed by atoms with van der Waals surface area (Å²) >= 11 is 0. The van der Waals surface area contributed by atoms with Gasteiger partial charge in [-0.05, 0) is 36.8 Å². The summed E-state index contributed by atoms with van der Waals surface area (Å²) in [5.41, 5.74) is 5.29. The molecule has 0 aliphatic carbocycles. The van der Waals surface area contributed by atoms with Crippen molar-refractivity contribution >= 4 is 21.5 Å². The summed E-state index contributed by atoms with van der Waals surface area (Å²) in [7, 11) is -3.98. The highest BCUT2D eigenvalue weighted by Crippen LogP contribution is 2.23. The van der Waals surface area contributed by atoms with Crippen LogP contribution in [0.15, 0.2) is 35.4 Å². The van der Waals surface area contributed by atoms with Crippen LogP contribution in [0.5, 0.6) is 0 Å². The molecule has 2 aromatic rings. The first kappa shape index (κ1) is 14.2. The minimum atomic E-state index is -3.98. The zero-order valence-electron chi connectivity index (χ0n) is 10.4. The summed E-state index contributed by atoms with van der Waals surface area (Å²) in [6.45, 7) is 1.44. The molecule has 0 amide bonds. The van der Waals surface area contributed by atoms with Gasteiger partial charge in [0, 0.05) is 0 Å². The van der Waals surface area contributed by atoms with Crippen molar-refractivity contribution in [1.29, 1.82) is 0 Å². The lowest BCUT2D eigenvalue weighted by atomic mass is 10.2. The van der Waals surface area contributed by atoms with Gasteiger partial charge in [0.1, 0.15) is 17.5 Å². The average molecular weight is 299 g/mol. The highest BCUT2D eigenvalue weighted by molar-refractivity contribution is 7.92. The smallest absolute Gasteiger partial charge is 0.263 e. The lowest BCUT2D eigenvalue weighted by Crippen LogP contribution is -2.16. The predicted molar refractivity (Wildman–Crippen MR) is 70.6 cm³/mol. The first-order valence-corrected chi connectivity index (χ1v) is 6.98. The third-order valence-electron chi connectivity index (χ3n) is 2.55. The minimum Gasteiger partial charge on any atom is -0.396 e. The van der Waals surface area contributed by atoms with Crippen molar-refractivity contribution in [3.63, 3.8) is 0 Å². The Balaban J connectivity index is 2.40. The zero-order valence-corrected chi connectivity index (χ0v) is 11.2. The van der Waals surface area contributed by atoms with E-state index in [1.807, 2.05) is 0 Å². The lowest BCUT2D eigenvalue weighted by molar-refractivity contribution is 0.598. The molecule has 0 saturated heterocycles. The number of nitrogens with zero attached hydrogens (tertiary/aromatic N) is 1. The third-order valence-corrected chi connectivity index (χ3v) is 4.05. The molecule has 1 aromatic carbocycles. The third kappa shape index (κ3) is 2.85. The van der Waals surface area contributed by atoms with Crippen LogP contribution in [0.25, 0.3) is 0 Å². The number of aromatic nitrogens is 1. The van der Waals surface area contributed by atoms with Gasteiger partial charge in [0.25, 0.3) is 10.0 Å². The number of hydrogen-bond acceptors (Lipinski definition) is 4. The van der Waals surface area contributed by atoms with Gasteiger partial charge in [-0.25, -0.2) is 22.2 Å². The number of aryl methyl sites for hydroxylation is 1. The Labute approximate surface area is 114 Å². The molecule has 0 saturated carbocycles. The van der Waals surface area contributed by atoms with Gasteiger partial charge in [-0.1, -0.05) is 0 Å². The molecule has 1 aromatic heterocycles. The van der Waals surface area contributed by atoms with Gasteiger partial charge in [-0.15, -0.1) is 0 Å². The highest BCUT2D eigenvalue weighted by Gasteiger charge is 2.19. The molecule has 1 heterocycles. The van der Waals surface area contributed by atoms with E-state index in [0.29, 0.717) is 0 Å². The van der Waals surface area contributed by atoms with Gasteiger partial charge in [0.15, 0.2) is 0 Å². The lowest BCUT2D eigenvalue weighted by Gasteiger charge is -2.10. The standard InChI is InChI=1S/C12H11F2N3O2S/c1-7-4-9(14)10(15)5-11(7)20(18,19)17-12-3-2-8(13)6-16-12/h2-6H,15H2,1H3,(H,16,17). The second kappa shape index (κ2) is 5.04. The number of hydrogen-bond donors (Lipinski definition) is 2. The summed E-state index contributed by atoms with van der Waals surface area (Å²) in [6, 6.07) is 4.30. The van der Waals surface area contributed by atoms with Gasteiger partial charge >= 0.3 is 0 Å². The van der Waals surface area contributed by atoms with E-state index in [9.17, 15) is 17.2 Å². The first-order chi connectivity index (χ1) is 9.29. The fourth-order valence-corrected chi connectivity index (χ4v) is 2.86. The number of nitrogens with one attached hydrogen (secondary N) is 1. The van der Waals surface area contributed by atoms with Crippen molar-refractivity contribution < 1.29 is 17.2 Å². The Kier molecular flexibility index (Phi) is 3.58. The number of benzene rings is 1. The molecule has 0 bridgehead atoms. The van der Waals surface area contributed by atoms with Crippen LogP contribution < -0.4 is 10.5 Å². The van der Waals surface area contributed by atoms with E-state index in [1.165, 1.54) is 13.0 Å². The van der Waals surface area contributed by atoms with E-state index in [1.54, 1.807) is 0 Å². The number of halogens is 2. The molecular weight excluding hydrogens is 288 g/mol. The molecule has 0 atom stereocenters. The van der Waals surface area contributed by atoms with E-state index in [0.717, 1.165) is 24.4 Å². The van der Waals surface area contributed by atoms with Crippen LogP contribution in [0, 0.1) is 18.6 Å². The van der Waals surface area contributed by atoms with E-state index >= 15 is 0 Å². The molecule has 0 aliphatic heterocycles. The fourth-order valence-electron chi connectivity index (χ4n) is 1.59. The minimum absolute atomic E-state index is 0.0475. The molecule has 2 rings (SSSR count). The van der Waals surface area contributed by atoms with Crippen molar-refractivity contribution in [3.05, 3.63) is 47.7 Å². The molecule has 20 heavy (non-hydrogen) atoms. The van der Waals surface area contributed by atoms with Gasteiger partial charge in [-0.2, -0.15) is 0 Å². The van der Waals surface area contributed by atoms with Gasteiger partial charge in [0.2, 0.25) is 0 Å². The van der Waals surface area contributed by atoms with Crippen LogP contribution in [-0.2, 0) is 10.0 Å². The summed E-state index contributed by atoms with van der Waals surface area (Å²) in [5, 5.41) is 0. The molecule has 0 aliphatic rings. The van der Waals surface area contributed by atoms with Crippen molar-refractivity contribution in [2.75, 3.05) is 10.5 Å². The van der Waals surface area contributed by atoms with E-state index < -0.39 is 21.7 Å². The van der Waals surface area contributed by atoms with E-state index in [2.05, 4.69) is 9.71 Å². The molecule has 0 spiro atoms. The second-order valence-electron chi connectivity index (χ2n) is 4.11. The number of anilines is 2. The van der Waals surface area contributed by atoms with Crippen LogP contribution in [0.2, 0.25) is 0 Å². The molecule has 0 unspecified atom stereocenters. The fraction of sp³-hybridized carbons (Fsp3) is 0.0833. The van der Waals surface area contributed by atoms with Crippen LogP contribution >= 0.6 is 0 Å². The van der Waals surface area contributed by atoms with Gasteiger partial charge in [-0.3, -0.25) is 4.72 Å². The second-order valence-corrected chi connectivity index (χ2v) is 5.76. The summed E-state index contributed by atoms with van der Waals surface area (Å²) in [4.78, 5) is 3.42. The first-order valence-electron chi connectivity index (χ1n) is 5.49. The van der Waals surface area contributed by atoms with Crippen LogP contribution in [0.1, 0.15) is 5.56 Å². The number of pyridine rings is 1. The molecule has 3 N–H and O–H groups in total. The monoisotopic (exact) mass is 299 g/mol. The van der Waals surface area contributed by atoms with Gasteiger partial charge < -0.3 is 5.73 Å². The Hall–Kier alpha value is -2.22. The zero-order chi connectivity index (χ0) is 14.9. The number of sulfonamides is 1. The molecular formula is C12H11F2N3O2S. The molecule has 5 nitrogen and oxygen atoms in total. The van der Waals surface area contributed by atoms with Crippen molar-refractivity contribution in [2.45, 2.75) is 11.8 Å². The summed E-state index contributed by atoms with van der Waals surface area (Å²) < 4.78 is 52.4. The summed E-state index contributed by atoms with van der Waals surface area (Å²) in [5.74, 6) is -1.33. The largest absolute Gasteiger partial charge is 0.396 e. The van der Waals surface area contributed by atoms with Crippen LogP contribution in [-0.4, -0.2) is 13.4 Å². The highest BCUT2D eigenvalue weighted by atomic mass is 32.2. The van der Waals surface area contributed by atoms with Crippen molar-refractivity contribution in [3.8, 4) is 0 Å². The Morgan fingerprint density at radius 2 is 1.95 bits per heavy atom. The van der Waals surface area contributed by atoms with Crippen LogP contribution in [0.4, 0.5) is 20.3 Å². The van der Waals surface area contributed by atoms with E-state index in [-0.39, 0.29) is 22.0 Å². The maximum absolute atomic E-state index is 13.2.